The Morgan fingerprint density at radius 2 is 2.13 bits per heavy atom. The Morgan fingerprint density at radius 3 is 2.67 bits per heavy atom. The molecule has 0 atom stereocenters. The lowest BCUT2D eigenvalue weighted by atomic mass is 10.2. The van der Waals surface area contributed by atoms with Crippen LogP contribution in [0, 0.1) is 0 Å². The Kier molecular flexibility index (Phi) is 2.49. The maximum atomic E-state index is 11.2. The summed E-state index contributed by atoms with van der Waals surface area (Å²) < 4.78 is 0.871. The van der Waals surface area contributed by atoms with E-state index in [9.17, 15) is 9.59 Å². The van der Waals surface area contributed by atoms with Crippen molar-refractivity contribution in [1.82, 2.24) is 10.2 Å². The number of carbonyl (C=O) groups is 1. The summed E-state index contributed by atoms with van der Waals surface area (Å²) in [6.45, 7) is 0. The van der Waals surface area contributed by atoms with Crippen molar-refractivity contribution in [2.45, 2.75) is 0 Å². The second-order valence-corrected chi connectivity index (χ2v) is 5.20. The smallest absolute Gasteiger partial charge is 0.343 e. The van der Waals surface area contributed by atoms with Crippen molar-refractivity contribution in [2.75, 3.05) is 0 Å². The summed E-state index contributed by atoms with van der Waals surface area (Å²) in [6.07, 6.45) is 0. The number of aromatic amines is 2. The van der Waals surface area contributed by atoms with Crippen LogP contribution < -0.4 is 5.56 Å². The average Bonchev–Trinajstić information content (AvgIpc) is 2.71. The van der Waals surface area contributed by atoms with Crippen LogP contribution in [0.2, 0.25) is 0 Å². The van der Waals surface area contributed by atoms with Crippen molar-refractivity contribution in [3.63, 3.8) is 0 Å². The van der Waals surface area contributed by atoms with Crippen molar-refractivity contribution >= 4 is 33.2 Å². The molecule has 2 heterocycles. The van der Waals surface area contributed by atoms with E-state index in [-0.39, 0.29) is 5.56 Å². The van der Waals surface area contributed by atoms with Crippen LogP contribution in [0.25, 0.3) is 10.6 Å². The molecular formula is C8H5BrN2O3S. The van der Waals surface area contributed by atoms with E-state index in [1.165, 1.54) is 11.3 Å². The van der Waals surface area contributed by atoms with Gasteiger partial charge in [-0.05, 0) is 28.1 Å². The number of carboxylic acids is 1. The van der Waals surface area contributed by atoms with E-state index < -0.39 is 11.5 Å². The van der Waals surface area contributed by atoms with Gasteiger partial charge in [-0.15, -0.1) is 11.3 Å². The van der Waals surface area contributed by atoms with Gasteiger partial charge in [-0.3, -0.25) is 15.0 Å². The zero-order valence-corrected chi connectivity index (χ0v) is 9.61. The molecule has 3 N–H and O–H groups in total. The van der Waals surface area contributed by atoms with E-state index in [0.29, 0.717) is 10.6 Å². The minimum absolute atomic E-state index is 0.260. The largest absolute Gasteiger partial charge is 0.477 e. The number of aromatic carboxylic acids is 1. The fourth-order valence-electron chi connectivity index (χ4n) is 1.20. The lowest BCUT2D eigenvalue weighted by molar-refractivity contribution is 0.0696. The van der Waals surface area contributed by atoms with Gasteiger partial charge in [0.05, 0.1) is 14.4 Å². The van der Waals surface area contributed by atoms with Gasteiger partial charge in [0.25, 0.3) is 5.56 Å². The molecule has 78 valence electrons. The number of carboxylic acid groups (broad SMARTS) is 1. The standard InChI is InChI=1S/C8H5BrN2O3S/c9-4-2-1-3(15-4)6-5(8(13)14)7(12)11-10-6/h1-2H,(H,13,14)(H2,10,11,12). The zero-order chi connectivity index (χ0) is 11.0. The first-order valence-corrected chi connectivity index (χ1v) is 5.50. The summed E-state index contributed by atoms with van der Waals surface area (Å²) in [4.78, 5) is 22.7. The molecule has 2 aromatic heterocycles. The van der Waals surface area contributed by atoms with Crippen molar-refractivity contribution in [3.05, 3.63) is 31.8 Å². The lowest BCUT2D eigenvalue weighted by Crippen LogP contribution is -2.11. The molecule has 0 fully saturated rings. The van der Waals surface area contributed by atoms with Crippen molar-refractivity contribution < 1.29 is 9.90 Å². The van der Waals surface area contributed by atoms with Gasteiger partial charge < -0.3 is 5.11 Å². The molecule has 0 spiro atoms. The molecule has 0 aliphatic rings. The number of rotatable bonds is 2. The molecule has 2 aromatic rings. The van der Waals surface area contributed by atoms with Crippen LogP contribution in [0.1, 0.15) is 10.4 Å². The number of aromatic nitrogens is 2. The van der Waals surface area contributed by atoms with Gasteiger partial charge in [0.2, 0.25) is 0 Å². The summed E-state index contributed by atoms with van der Waals surface area (Å²) in [5.41, 5.74) is -0.574. The molecule has 15 heavy (non-hydrogen) atoms. The van der Waals surface area contributed by atoms with Gasteiger partial charge in [-0.2, -0.15) is 0 Å². The van der Waals surface area contributed by atoms with Crippen LogP contribution in [-0.2, 0) is 0 Å². The van der Waals surface area contributed by atoms with Gasteiger partial charge in [-0.25, -0.2) is 4.79 Å². The number of hydrogen-bond acceptors (Lipinski definition) is 3. The number of halogens is 1. The lowest BCUT2D eigenvalue weighted by Gasteiger charge is -1.92. The van der Waals surface area contributed by atoms with Crippen LogP contribution in [-0.4, -0.2) is 21.3 Å². The minimum Gasteiger partial charge on any atom is -0.477 e. The van der Waals surface area contributed by atoms with Crippen LogP contribution >= 0.6 is 27.3 Å². The van der Waals surface area contributed by atoms with E-state index in [0.717, 1.165) is 3.79 Å². The maximum Gasteiger partial charge on any atom is 0.343 e. The van der Waals surface area contributed by atoms with Crippen LogP contribution in [0.15, 0.2) is 20.7 Å². The Balaban J connectivity index is 2.63. The predicted octanol–water partition coefficient (Wildman–Crippen LogP) is 1.89. The Morgan fingerprint density at radius 1 is 1.40 bits per heavy atom. The topological polar surface area (TPSA) is 85.9 Å². The van der Waals surface area contributed by atoms with Gasteiger partial charge in [0.15, 0.2) is 5.56 Å². The van der Waals surface area contributed by atoms with E-state index >= 15 is 0 Å². The first-order chi connectivity index (χ1) is 7.09. The minimum atomic E-state index is -1.24. The Bertz CT molecular complexity index is 568. The molecule has 0 aliphatic carbocycles. The number of hydrogen-bond donors (Lipinski definition) is 3. The molecule has 0 amide bonds. The van der Waals surface area contributed by atoms with Gasteiger partial charge in [-0.1, -0.05) is 0 Å². The highest BCUT2D eigenvalue weighted by Gasteiger charge is 2.19. The highest BCUT2D eigenvalue weighted by Crippen LogP contribution is 2.30. The number of H-pyrrole nitrogens is 2. The first-order valence-electron chi connectivity index (χ1n) is 3.89. The number of nitrogens with one attached hydrogen (secondary N) is 2. The summed E-state index contributed by atoms with van der Waals surface area (Å²) >= 11 is 4.62. The van der Waals surface area contributed by atoms with Crippen molar-refractivity contribution in [1.29, 1.82) is 0 Å². The third-order valence-electron chi connectivity index (χ3n) is 1.81. The first kappa shape index (κ1) is 10.2. The molecule has 0 aliphatic heterocycles. The molecule has 0 radical (unpaired) electrons. The van der Waals surface area contributed by atoms with Gasteiger partial charge in [0, 0.05) is 0 Å². The quantitative estimate of drug-likeness (QED) is 0.789. The normalized spacial score (nSPS) is 10.5. The molecule has 7 heteroatoms. The van der Waals surface area contributed by atoms with E-state index in [1.54, 1.807) is 12.1 Å². The van der Waals surface area contributed by atoms with E-state index in [2.05, 4.69) is 26.1 Å². The highest BCUT2D eigenvalue weighted by molar-refractivity contribution is 9.11. The highest BCUT2D eigenvalue weighted by atomic mass is 79.9. The number of thiophene rings is 1. The molecule has 0 saturated heterocycles. The molecule has 5 nitrogen and oxygen atoms in total. The second kappa shape index (κ2) is 3.67. The van der Waals surface area contributed by atoms with E-state index in [4.69, 9.17) is 5.11 Å². The fourth-order valence-corrected chi connectivity index (χ4v) is 2.59. The summed E-state index contributed by atoms with van der Waals surface area (Å²) in [6, 6.07) is 3.53. The van der Waals surface area contributed by atoms with Crippen molar-refractivity contribution in [3.8, 4) is 10.6 Å². The summed E-state index contributed by atoms with van der Waals surface area (Å²) in [5.74, 6) is -1.24. The zero-order valence-electron chi connectivity index (χ0n) is 7.20. The maximum absolute atomic E-state index is 11.2. The van der Waals surface area contributed by atoms with Crippen LogP contribution in [0.5, 0.6) is 0 Å². The molecule has 2 rings (SSSR count). The predicted molar refractivity (Wildman–Crippen MR) is 59.4 cm³/mol. The monoisotopic (exact) mass is 288 g/mol. The van der Waals surface area contributed by atoms with Crippen LogP contribution in [0.4, 0.5) is 0 Å². The third kappa shape index (κ3) is 1.75. The second-order valence-electron chi connectivity index (χ2n) is 2.74. The Hall–Kier alpha value is -1.34. The fraction of sp³-hybridized carbons (Fsp3) is 0. The molecule has 0 saturated carbocycles. The molecular weight excluding hydrogens is 284 g/mol. The molecule has 0 bridgehead atoms. The van der Waals surface area contributed by atoms with E-state index in [1.807, 2.05) is 0 Å². The summed E-state index contributed by atoms with van der Waals surface area (Å²) in [5, 5.41) is 13.7. The molecule has 0 unspecified atom stereocenters. The summed E-state index contributed by atoms with van der Waals surface area (Å²) in [7, 11) is 0. The average molecular weight is 289 g/mol. The van der Waals surface area contributed by atoms with Gasteiger partial charge >= 0.3 is 5.97 Å². The SMILES string of the molecule is O=C(O)c1c(-c2ccc(Br)s2)[nH][nH]c1=O. The Labute approximate surface area is 95.9 Å². The van der Waals surface area contributed by atoms with Crippen LogP contribution in [0.3, 0.4) is 0 Å². The third-order valence-corrected chi connectivity index (χ3v) is 3.45. The van der Waals surface area contributed by atoms with Gasteiger partial charge in [0.1, 0.15) is 0 Å². The van der Waals surface area contributed by atoms with Crippen molar-refractivity contribution in [2.24, 2.45) is 0 Å². The molecule has 0 aromatic carbocycles.